The van der Waals surface area contributed by atoms with Gasteiger partial charge in [0.1, 0.15) is 9.57 Å². The predicted octanol–water partition coefficient (Wildman–Crippen LogP) is 4.49. The van der Waals surface area contributed by atoms with Crippen LogP contribution in [0.25, 0.3) is 10.4 Å². The Morgan fingerprint density at radius 3 is 1.87 bits per heavy atom. The Bertz CT molecular complexity index is 813. The number of hydrogen-bond donors (Lipinski definition) is 3. The summed E-state index contributed by atoms with van der Waals surface area (Å²) in [5.74, 6) is 0.308. The van der Waals surface area contributed by atoms with E-state index in [1.165, 1.54) is 10.4 Å². The molecule has 0 aliphatic heterocycles. The highest BCUT2D eigenvalue weighted by Crippen LogP contribution is 2.39. The van der Waals surface area contributed by atoms with Crippen molar-refractivity contribution in [3.8, 4) is 16.2 Å². The average Bonchev–Trinajstić information content (AvgIpc) is 3.10. The van der Waals surface area contributed by atoms with Crippen molar-refractivity contribution in [2.24, 2.45) is 0 Å². The standard InChI is InChI=1S/C22H34N2O3S3/c1-4-7-19-21(29-30-22(19)28)16-12-17(14-23(5-2)8-10-25)20(27)18(13-16)15-24(6-3)9-11-26/h12-13,25-27H,4-11,14-15H2,1-3H3. The number of phenolic OH excluding ortho intramolecular Hbond substituents is 1. The topological polar surface area (TPSA) is 67.2 Å². The molecule has 0 spiro atoms. The molecule has 2 rings (SSSR count). The Hall–Kier alpha value is -0.870. The molecule has 30 heavy (non-hydrogen) atoms. The molecule has 0 saturated carbocycles. The van der Waals surface area contributed by atoms with Crippen LogP contribution in [0.4, 0.5) is 0 Å². The quantitative estimate of drug-likeness (QED) is 0.296. The summed E-state index contributed by atoms with van der Waals surface area (Å²) in [6.45, 7) is 10.3. The van der Waals surface area contributed by atoms with Gasteiger partial charge in [0, 0.05) is 37.3 Å². The maximum absolute atomic E-state index is 11.1. The van der Waals surface area contributed by atoms with Crippen LogP contribution in [0.1, 0.15) is 43.9 Å². The van der Waals surface area contributed by atoms with Crippen molar-refractivity contribution in [1.29, 1.82) is 0 Å². The third kappa shape index (κ3) is 6.56. The summed E-state index contributed by atoms with van der Waals surface area (Å²) >= 11 is 5.58. The number of phenols is 1. The second-order valence-corrected chi connectivity index (χ2v) is 10.2. The Morgan fingerprint density at radius 1 is 0.900 bits per heavy atom. The van der Waals surface area contributed by atoms with Gasteiger partial charge in [0.05, 0.1) is 18.1 Å². The number of aliphatic hydroxyl groups excluding tert-OH is 2. The summed E-state index contributed by atoms with van der Waals surface area (Å²) < 4.78 is 0.957. The van der Waals surface area contributed by atoms with Crippen molar-refractivity contribution in [3.63, 3.8) is 0 Å². The predicted molar refractivity (Wildman–Crippen MR) is 130 cm³/mol. The first-order valence-corrected chi connectivity index (χ1v) is 13.2. The first kappa shape index (κ1) is 25.4. The number of benzene rings is 1. The highest BCUT2D eigenvalue weighted by molar-refractivity contribution is 7.80. The molecular formula is C22H34N2O3S3. The van der Waals surface area contributed by atoms with Gasteiger partial charge < -0.3 is 15.3 Å². The monoisotopic (exact) mass is 470 g/mol. The van der Waals surface area contributed by atoms with Crippen LogP contribution >= 0.6 is 32.9 Å². The van der Waals surface area contributed by atoms with Crippen LogP contribution in [0.5, 0.6) is 5.75 Å². The van der Waals surface area contributed by atoms with E-state index in [1.54, 1.807) is 20.7 Å². The van der Waals surface area contributed by atoms with E-state index < -0.39 is 0 Å². The van der Waals surface area contributed by atoms with E-state index in [1.807, 2.05) is 0 Å². The van der Waals surface area contributed by atoms with Crippen molar-refractivity contribution < 1.29 is 15.3 Å². The summed E-state index contributed by atoms with van der Waals surface area (Å²) in [4.78, 5) is 5.44. The van der Waals surface area contributed by atoms with Gasteiger partial charge in [0.2, 0.25) is 0 Å². The van der Waals surface area contributed by atoms with Crippen molar-refractivity contribution in [2.75, 3.05) is 39.4 Å². The maximum Gasteiger partial charge on any atom is 0.124 e. The van der Waals surface area contributed by atoms with Crippen LogP contribution in [-0.4, -0.2) is 64.5 Å². The van der Waals surface area contributed by atoms with Crippen molar-refractivity contribution in [2.45, 2.75) is 46.7 Å². The zero-order valence-electron chi connectivity index (χ0n) is 18.2. The fourth-order valence-corrected chi connectivity index (χ4v) is 6.55. The lowest BCUT2D eigenvalue weighted by Gasteiger charge is -2.24. The fourth-order valence-electron chi connectivity index (χ4n) is 3.56. The van der Waals surface area contributed by atoms with Crippen molar-refractivity contribution in [3.05, 3.63) is 32.6 Å². The summed E-state index contributed by atoms with van der Waals surface area (Å²) in [6.07, 6.45) is 2.00. The molecule has 8 heteroatoms. The normalized spacial score (nSPS) is 11.7. The summed E-state index contributed by atoms with van der Waals surface area (Å²) in [5, 5.41) is 29.8. The molecule has 5 nitrogen and oxygen atoms in total. The molecule has 1 heterocycles. The van der Waals surface area contributed by atoms with Gasteiger partial charge in [-0.1, -0.05) is 60.1 Å². The number of nitrogens with zero attached hydrogens (tertiary/aromatic N) is 2. The lowest BCUT2D eigenvalue weighted by Crippen LogP contribution is -2.27. The number of aromatic hydroxyl groups is 1. The van der Waals surface area contributed by atoms with Crippen molar-refractivity contribution >= 4 is 32.9 Å². The van der Waals surface area contributed by atoms with Gasteiger partial charge in [0.25, 0.3) is 0 Å². The van der Waals surface area contributed by atoms with Gasteiger partial charge >= 0.3 is 0 Å². The minimum Gasteiger partial charge on any atom is -0.507 e. The Morgan fingerprint density at radius 2 is 1.43 bits per heavy atom. The Balaban J connectivity index is 2.54. The molecule has 0 atom stereocenters. The lowest BCUT2D eigenvalue weighted by atomic mass is 9.99. The Labute approximate surface area is 192 Å². The van der Waals surface area contributed by atoms with Gasteiger partial charge in [0.15, 0.2) is 0 Å². The molecule has 1 aromatic heterocycles. The van der Waals surface area contributed by atoms with Crippen molar-refractivity contribution in [1.82, 2.24) is 9.80 Å². The maximum atomic E-state index is 11.1. The van der Waals surface area contributed by atoms with E-state index >= 15 is 0 Å². The molecule has 168 valence electrons. The van der Waals surface area contributed by atoms with Crippen LogP contribution in [0, 0.1) is 3.82 Å². The van der Waals surface area contributed by atoms with Crippen LogP contribution in [0.15, 0.2) is 12.1 Å². The third-order valence-corrected chi connectivity index (χ3v) is 8.46. The molecule has 3 N–H and O–H groups in total. The smallest absolute Gasteiger partial charge is 0.124 e. The van der Waals surface area contributed by atoms with Gasteiger partial charge in [-0.3, -0.25) is 9.80 Å². The number of rotatable bonds is 13. The minimum atomic E-state index is 0.0911. The van der Waals surface area contributed by atoms with E-state index in [9.17, 15) is 15.3 Å². The van der Waals surface area contributed by atoms with E-state index in [0.717, 1.165) is 46.4 Å². The minimum absolute atomic E-state index is 0.0911. The molecule has 0 unspecified atom stereocenters. The summed E-state index contributed by atoms with van der Waals surface area (Å²) in [6, 6.07) is 4.15. The SMILES string of the molecule is CCCc1c(-c2cc(CN(CC)CCO)c(O)c(CN(CC)CCO)c2)ssc1=S. The van der Waals surface area contributed by atoms with E-state index in [2.05, 4.69) is 42.7 Å². The summed E-state index contributed by atoms with van der Waals surface area (Å²) in [5.41, 5.74) is 4.06. The highest BCUT2D eigenvalue weighted by atomic mass is 32.9. The molecular weight excluding hydrogens is 436 g/mol. The fraction of sp³-hybridized carbons (Fsp3) is 0.591. The molecule has 0 fully saturated rings. The third-order valence-electron chi connectivity index (χ3n) is 5.27. The van der Waals surface area contributed by atoms with Gasteiger partial charge in [-0.2, -0.15) is 0 Å². The molecule has 0 saturated heterocycles. The average molecular weight is 471 g/mol. The van der Waals surface area contributed by atoms with Crippen LogP contribution in [0.3, 0.4) is 0 Å². The van der Waals surface area contributed by atoms with Crippen LogP contribution in [0.2, 0.25) is 0 Å². The van der Waals surface area contributed by atoms with E-state index in [0.29, 0.717) is 31.9 Å². The number of likely N-dealkylation sites (N-methyl/N-ethyl adjacent to an activating group) is 2. The first-order chi connectivity index (χ1) is 14.5. The van der Waals surface area contributed by atoms with Gasteiger partial charge in [-0.25, -0.2) is 0 Å². The molecule has 1 aromatic carbocycles. The molecule has 0 amide bonds. The lowest BCUT2D eigenvalue weighted by molar-refractivity contribution is 0.192. The van der Waals surface area contributed by atoms with Crippen LogP contribution < -0.4 is 0 Å². The van der Waals surface area contributed by atoms with Gasteiger partial charge in [-0.05, 0) is 42.8 Å². The largest absolute Gasteiger partial charge is 0.507 e. The zero-order chi connectivity index (χ0) is 22.1. The number of hydrogen-bond acceptors (Lipinski definition) is 8. The molecule has 2 aromatic rings. The molecule has 0 bridgehead atoms. The number of aliphatic hydroxyl groups is 2. The zero-order valence-corrected chi connectivity index (χ0v) is 20.6. The Kier molecular flexibility index (Phi) is 10.9. The van der Waals surface area contributed by atoms with E-state index in [-0.39, 0.29) is 13.2 Å². The first-order valence-electron chi connectivity index (χ1n) is 10.6. The second kappa shape index (κ2) is 12.9. The van der Waals surface area contributed by atoms with Crippen LogP contribution in [-0.2, 0) is 19.5 Å². The van der Waals surface area contributed by atoms with E-state index in [4.69, 9.17) is 12.2 Å². The van der Waals surface area contributed by atoms with Gasteiger partial charge in [-0.15, -0.1) is 0 Å². The molecule has 0 radical (unpaired) electrons. The molecule has 0 aliphatic rings. The molecule has 0 aliphatic carbocycles. The second-order valence-electron chi connectivity index (χ2n) is 7.34. The highest BCUT2D eigenvalue weighted by Gasteiger charge is 2.18. The summed E-state index contributed by atoms with van der Waals surface area (Å²) in [7, 11) is 3.35.